The van der Waals surface area contributed by atoms with Crippen molar-refractivity contribution in [3.8, 4) is 11.5 Å². The van der Waals surface area contributed by atoms with Crippen LogP contribution in [-0.2, 0) is 13.1 Å². The Labute approximate surface area is 184 Å². The lowest BCUT2D eigenvalue weighted by Crippen LogP contribution is -2.41. The van der Waals surface area contributed by atoms with Crippen LogP contribution in [0.25, 0.3) is 0 Å². The molecule has 162 valence electrons. The first-order valence-electron chi connectivity index (χ1n) is 10.8. The van der Waals surface area contributed by atoms with Crippen molar-refractivity contribution in [1.82, 2.24) is 9.47 Å². The molecule has 1 amide bonds. The molecular formula is C26H30N2O3. The van der Waals surface area contributed by atoms with E-state index in [-0.39, 0.29) is 18.7 Å². The summed E-state index contributed by atoms with van der Waals surface area (Å²) in [6, 6.07) is 18.2. The minimum atomic E-state index is 0.00260. The van der Waals surface area contributed by atoms with Crippen molar-refractivity contribution >= 4 is 5.91 Å². The topological polar surface area (TPSA) is 43.7 Å². The minimum absolute atomic E-state index is 0.00260. The second-order valence-corrected chi connectivity index (χ2v) is 8.60. The Morgan fingerprint density at radius 1 is 1.03 bits per heavy atom. The zero-order valence-corrected chi connectivity index (χ0v) is 18.7. The van der Waals surface area contributed by atoms with Gasteiger partial charge in [0.2, 0.25) is 6.79 Å². The normalized spacial score (nSPS) is 13.5. The summed E-state index contributed by atoms with van der Waals surface area (Å²) >= 11 is 0. The van der Waals surface area contributed by atoms with Gasteiger partial charge in [0.05, 0.1) is 6.54 Å². The fourth-order valence-corrected chi connectivity index (χ4v) is 3.89. The van der Waals surface area contributed by atoms with Crippen molar-refractivity contribution in [1.29, 1.82) is 0 Å². The number of nitrogens with zero attached hydrogens (tertiary/aromatic N) is 2. The van der Waals surface area contributed by atoms with E-state index in [0.717, 1.165) is 12.2 Å². The Balaban J connectivity index is 1.59. The molecule has 1 aliphatic heterocycles. The number of carbonyl (C=O) groups excluding carboxylic acids is 1. The van der Waals surface area contributed by atoms with Gasteiger partial charge in [0, 0.05) is 30.0 Å². The molecular weight excluding hydrogens is 388 g/mol. The second-order valence-electron chi connectivity index (χ2n) is 8.60. The molecule has 5 heteroatoms. The molecule has 0 aliphatic carbocycles. The first-order valence-corrected chi connectivity index (χ1v) is 10.8. The fourth-order valence-electron chi connectivity index (χ4n) is 3.89. The number of fused-ring (bicyclic) bond motifs is 1. The lowest BCUT2D eigenvalue weighted by atomic mass is 10.0. The second kappa shape index (κ2) is 8.88. The molecule has 0 saturated heterocycles. The summed E-state index contributed by atoms with van der Waals surface area (Å²) in [7, 11) is 0. The van der Waals surface area contributed by atoms with Gasteiger partial charge in [0.25, 0.3) is 5.91 Å². The third kappa shape index (κ3) is 4.61. The molecule has 0 unspecified atom stereocenters. The van der Waals surface area contributed by atoms with Crippen LogP contribution in [0.3, 0.4) is 0 Å². The Kier molecular flexibility index (Phi) is 6.03. The maximum atomic E-state index is 13.6. The monoisotopic (exact) mass is 418 g/mol. The van der Waals surface area contributed by atoms with E-state index < -0.39 is 0 Å². The number of amides is 1. The molecule has 1 aromatic heterocycles. The number of benzene rings is 2. The number of ether oxygens (including phenoxy) is 2. The first kappa shape index (κ1) is 21.0. The summed E-state index contributed by atoms with van der Waals surface area (Å²) < 4.78 is 13.1. The molecule has 3 aromatic rings. The SMILES string of the molecule is Cc1cccc(Cn2cccc2CN(C(=O)c2ccc3c(c2)OCO3)[C@H](C)C(C)C)c1. The highest BCUT2D eigenvalue weighted by atomic mass is 16.7. The lowest BCUT2D eigenvalue weighted by molar-refractivity contribution is 0.0622. The average Bonchev–Trinajstić information content (AvgIpc) is 3.39. The molecule has 4 rings (SSSR count). The van der Waals surface area contributed by atoms with E-state index in [1.54, 1.807) is 6.07 Å². The highest BCUT2D eigenvalue weighted by Crippen LogP contribution is 2.33. The molecule has 2 heterocycles. The van der Waals surface area contributed by atoms with E-state index in [1.165, 1.54) is 11.1 Å². The summed E-state index contributed by atoms with van der Waals surface area (Å²) in [6.07, 6.45) is 2.08. The van der Waals surface area contributed by atoms with Gasteiger partial charge in [-0.25, -0.2) is 0 Å². The number of aromatic nitrogens is 1. The summed E-state index contributed by atoms with van der Waals surface area (Å²) in [5, 5.41) is 0. The molecule has 0 radical (unpaired) electrons. The Morgan fingerprint density at radius 2 is 1.84 bits per heavy atom. The lowest BCUT2D eigenvalue weighted by Gasteiger charge is -2.32. The third-order valence-electron chi connectivity index (χ3n) is 6.03. The van der Waals surface area contributed by atoms with Crippen LogP contribution >= 0.6 is 0 Å². The van der Waals surface area contributed by atoms with Gasteiger partial charge in [0.1, 0.15) is 0 Å². The van der Waals surface area contributed by atoms with Gasteiger partial charge in [-0.2, -0.15) is 0 Å². The van der Waals surface area contributed by atoms with Crippen molar-refractivity contribution in [3.05, 3.63) is 83.2 Å². The molecule has 1 aliphatic rings. The molecule has 0 saturated carbocycles. The molecule has 5 nitrogen and oxygen atoms in total. The van der Waals surface area contributed by atoms with Crippen molar-refractivity contribution in [2.24, 2.45) is 5.92 Å². The van der Waals surface area contributed by atoms with Crippen LogP contribution in [0.1, 0.15) is 48.0 Å². The van der Waals surface area contributed by atoms with E-state index in [4.69, 9.17) is 9.47 Å². The predicted octanol–water partition coefficient (Wildman–Crippen LogP) is 5.26. The van der Waals surface area contributed by atoms with Crippen molar-refractivity contribution in [3.63, 3.8) is 0 Å². The van der Waals surface area contributed by atoms with Gasteiger partial charge in [-0.15, -0.1) is 0 Å². The van der Waals surface area contributed by atoms with Crippen molar-refractivity contribution in [2.75, 3.05) is 6.79 Å². The third-order valence-corrected chi connectivity index (χ3v) is 6.03. The smallest absolute Gasteiger partial charge is 0.254 e. The van der Waals surface area contributed by atoms with E-state index in [1.807, 2.05) is 17.0 Å². The van der Waals surface area contributed by atoms with Crippen LogP contribution in [0, 0.1) is 12.8 Å². The van der Waals surface area contributed by atoms with Gasteiger partial charge < -0.3 is 18.9 Å². The van der Waals surface area contributed by atoms with Crippen LogP contribution in [0.2, 0.25) is 0 Å². The summed E-state index contributed by atoms with van der Waals surface area (Å²) in [4.78, 5) is 15.5. The van der Waals surface area contributed by atoms with Gasteiger partial charge in [-0.05, 0) is 55.7 Å². The van der Waals surface area contributed by atoms with Gasteiger partial charge in [0.15, 0.2) is 11.5 Å². The Morgan fingerprint density at radius 3 is 2.61 bits per heavy atom. The van der Waals surface area contributed by atoms with Crippen LogP contribution in [0.4, 0.5) is 0 Å². The van der Waals surface area contributed by atoms with Gasteiger partial charge >= 0.3 is 0 Å². The number of rotatable bonds is 7. The van der Waals surface area contributed by atoms with Gasteiger partial charge in [-0.3, -0.25) is 4.79 Å². The summed E-state index contributed by atoms with van der Waals surface area (Å²) in [5.41, 5.74) is 4.24. The van der Waals surface area contributed by atoms with Crippen LogP contribution in [-0.4, -0.2) is 28.2 Å². The Bertz CT molecular complexity index is 1070. The quantitative estimate of drug-likeness (QED) is 0.526. The van der Waals surface area contributed by atoms with Crippen molar-refractivity contribution in [2.45, 2.75) is 46.8 Å². The van der Waals surface area contributed by atoms with Gasteiger partial charge in [-0.1, -0.05) is 43.7 Å². The van der Waals surface area contributed by atoms with E-state index in [9.17, 15) is 4.79 Å². The molecule has 0 fully saturated rings. The maximum absolute atomic E-state index is 13.6. The van der Waals surface area contributed by atoms with E-state index >= 15 is 0 Å². The number of hydrogen-bond acceptors (Lipinski definition) is 3. The number of aryl methyl sites for hydroxylation is 1. The van der Waals surface area contributed by atoms with Crippen LogP contribution in [0.15, 0.2) is 60.8 Å². The maximum Gasteiger partial charge on any atom is 0.254 e. The summed E-state index contributed by atoms with van der Waals surface area (Å²) in [6.45, 7) is 10.1. The van der Waals surface area contributed by atoms with Crippen LogP contribution < -0.4 is 9.47 Å². The van der Waals surface area contributed by atoms with E-state index in [2.05, 4.69) is 74.9 Å². The number of carbonyl (C=O) groups is 1. The predicted molar refractivity (Wildman–Crippen MR) is 121 cm³/mol. The molecule has 2 aromatic carbocycles. The van der Waals surface area contributed by atoms with Crippen LogP contribution in [0.5, 0.6) is 11.5 Å². The molecule has 0 bridgehead atoms. The molecule has 0 spiro atoms. The largest absolute Gasteiger partial charge is 0.454 e. The molecule has 0 N–H and O–H groups in total. The number of hydrogen-bond donors (Lipinski definition) is 0. The average molecular weight is 419 g/mol. The summed E-state index contributed by atoms with van der Waals surface area (Å²) in [5.74, 6) is 1.65. The fraction of sp³-hybridized carbons (Fsp3) is 0.346. The molecule has 1 atom stereocenters. The highest BCUT2D eigenvalue weighted by molar-refractivity contribution is 5.95. The minimum Gasteiger partial charge on any atom is -0.454 e. The molecule has 31 heavy (non-hydrogen) atoms. The zero-order valence-electron chi connectivity index (χ0n) is 18.7. The standard InChI is InChI=1S/C26H30N2O3/c1-18(2)20(4)28(26(29)22-10-11-24-25(14-22)31-17-30-24)16-23-9-6-12-27(23)15-21-8-5-7-19(3)13-21/h5-14,18,20H,15-17H2,1-4H3/t20-/m1/s1. The zero-order chi connectivity index (χ0) is 22.0. The highest BCUT2D eigenvalue weighted by Gasteiger charge is 2.26. The Hall–Kier alpha value is -3.21. The van der Waals surface area contributed by atoms with E-state index in [0.29, 0.717) is 29.5 Å². The first-order chi connectivity index (χ1) is 14.9. The van der Waals surface area contributed by atoms with Crippen molar-refractivity contribution < 1.29 is 14.3 Å².